The fourth-order valence-electron chi connectivity index (χ4n) is 1.33. The van der Waals surface area contributed by atoms with E-state index in [1.54, 1.807) is 0 Å². The van der Waals surface area contributed by atoms with Gasteiger partial charge in [0.25, 0.3) is 0 Å². The predicted octanol–water partition coefficient (Wildman–Crippen LogP) is 2.20. The van der Waals surface area contributed by atoms with E-state index in [2.05, 4.69) is 0 Å². The van der Waals surface area contributed by atoms with Crippen LogP contribution in [0, 0.1) is 11.8 Å². The maximum Gasteiger partial charge on any atom is 0.0269 e. The van der Waals surface area contributed by atoms with Crippen molar-refractivity contribution in [3.63, 3.8) is 0 Å². The second-order valence-corrected chi connectivity index (χ2v) is 2.33. The molecule has 2 aliphatic rings. The minimum atomic E-state index is -0.385. The van der Waals surface area contributed by atoms with E-state index in [-0.39, 0.29) is 37.4 Å². The Bertz CT molecular complexity index is 138. The lowest BCUT2D eigenvalue weighted by atomic mass is 10.0. The molecule has 0 aromatic rings. The molecule has 2 fully saturated rings. The van der Waals surface area contributed by atoms with Crippen molar-refractivity contribution in [2.75, 3.05) is 0 Å². The van der Waals surface area contributed by atoms with Crippen molar-refractivity contribution in [1.29, 1.82) is 0 Å². The molecule has 0 radical (unpaired) electrons. The summed E-state index contributed by atoms with van der Waals surface area (Å²) >= 11 is 0. The Kier molecular flexibility index (Phi) is 0.310. The Balaban J connectivity index is 2.21. The van der Waals surface area contributed by atoms with E-state index in [0.29, 0.717) is 0 Å². The molecule has 0 heteroatoms. The van der Waals surface area contributed by atoms with Crippen molar-refractivity contribution in [1.82, 2.24) is 0 Å². The van der Waals surface area contributed by atoms with Crippen LogP contribution in [0.3, 0.4) is 0 Å². The number of hydrogen-bond donors (Lipinski definition) is 0. The molecule has 2 saturated carbocycles. The molecular formula is C7H12. The molecule has 0 heterocycles. The molecule has 2 aliphatic carbocycles. The van der Waals surface area contributed by atoms with Gasteiger partial charge in [0.15, 0.2) is 0 Å². The van der Waals surface area contributed by atoms with Gasteiger partial charge in [-0.25, -0.2) is 0 Å². The lowest BCUT2D eigenvalue weighted by Gasteiger charge is -2.05. The highest BCUT2D eigenvalue weighted by molar-refractivity contribution is 4.82. The zero-order valence-electron chi connectivity index (χ0n) is 8.17. The molecule has 0 amide bonds. The summed E-state index contributed by atoms with van der Waals surface area (Å²) in [6, 6.07) is 0. The minimum Gasteiger partial charge on any atom is -0.0502 e. The molecule has 2 bridgehead atoms. The van der Waals surface area contributed by atoms with Gasteiger partial charge in [0, 0.05) is 5.48 Å². The standard InChI is InChI=1S/C7H12/c1-2-7-4-3-6(1)5-7/h6-7H,1-5H2/i1D,2D,3D,4D. The van der Waals surface area contributed by atoms with Gasteiger partial charge >= 0.3 is 0 Å². The van der Waals surface area contributed by atoms with Gasteiger partial charge in [0.2, 0.25) is 0 Å². The zero-order chi connectivity index (χ0) is 8.17. The van der Waals surface area contributed by atoms with Gasteiger partial charge in [-0.1, -0.05) is 25.6 Å². The Morgan fingerprint density at radius 2 is 1.43 bits per heavy atom. The highest BCUT2D eigenvalue weighted by Gasteiger charge is 2.30. The van der Waals surface area contributed by atoms with E-state index in [4.69, 9.17) is 5.48 Å². The third kappa shape index (κ3) is 0.490. The number of hydrogen-bond acceptors (Lipinski definition) is 0. The summed E-state index contributed by atoms with van der Waals surface area (Å²) < 4.78 is 30.2. The lowest BCUT2D eigenvalue weighted by Crippen LogP contribution is -1.90. The molecular weight excluding hydrogens is 84.1 g/mol. The predicted molar refractivity (Wildman–Crippen MR) is 30.1 cm³/mol. The molecule has 0 nitrogen and oxygen atoms in total. The zero-order valence-corrected chi connectivity index (χ0v) is 4.17. The van der Waals surface area contributed by atoms with Crippen LogP contribution >= 0.6 is 0 Å². The first kappa shape index (κ1) is 1.75. The first-order valence-corrected chi connectivity index (χ1v) is 2.82. The SMILES string of the molecule is [2H]C1C([2H])C2CC1C([2H])C2[2H]. The minimum absolute atomic E-state index is 0.0185. The van der Waals surface area contributed by atoms with Crippen LogP contribution in [-0.4, -0.2) is 0 Å². The number of rotatable bonds is 0. The van der Waals surface area contributed by atoms with Gasteiger partial charge in [-0.3, -0.25) is 0 Å². The highest BCUT2D eigenvalue weighted by atomic mass is 14.4. The average molecular weight is 100 g/mol. The lowest BCUT2D eigenvalue weighted by molar-refractivity contribution is 0.480. The van der Waals surface area contributed by atoms with E-state index in [9.17, 15) is 0 Å². The van der Waals surface area contributed by atoms with Gasteiger partial charge in [-0.2, -0.15) is 0 Å². The third-order valence-electron chi connectivity index (χ3n) is 1.76. The van der Waals surface area contributed by atoms with Crippen molar-refractivity contribution in [2.24, 2.45) is 11.8 Å². The van der Waals surface area contributed by atoms with Crippen LogP contribution in [0.2, 0.25) is 0 Å². The molecule has 4 atom stereocenters. The van der Waals surface area contributed by atoms with E-state index < -0.39 is 0 Å². The summed E-state index contributed by atoms with van der Waals surface area (Å²) in [6.45, 7) is 0. The quantitative estimate of drug-likeness (QED) is 0.437. The Morgan fingerprint density at radius 3 is 1.71 bits per heavy atom. The van der Waals surface area contributed by atoms with Crippen molar-refractivity contribution in [2.45, 2.75) is 32.0 Å². The fourth-order valence-corrected chi connectivity index (χ4v) is 1.33. The summed E-state index contributed by atoms with van der Waals surface area (Å²) in [7, 11) is 0. The summed E-state index contributed by atoms with van der Waals surface area (Å²) in [5, 5.41) is 0. The van der Waals surface area contributed by atoms with Crippen molar-refractivity contribution in [3.8, 4) is 0 Å². The maximum absolute atomic E-state index is 7.56. The summed E-state index contributed by atoms with van der Waals surface area (Å²) in [5.41, 5.74) is 0. The van der Waals surface area contributed by atoms with E-state index in [0.717, 1.165) is 6.42 Å². The molecule has 0 aliphatic heterocycles. The Labute approximate surface area is 50.5 Å². The first-order valence-electron chi connectivity index (χ1n) is 5.13. The Morgan fingerprint density at radius 1 is 1.00 bits per heavy atom. The maximum atomic E-state index is 7.56. The van der Waals surface area contributed by atoms with Crippen molar-refractivity contribution in [3.05, 3.63) is 0 Å². The molecule has 40 valence electrons. The largest absolute Gasteiger partial charge is 0.0502 e. The van der Waals surface area contributed by atoms with Crippen LogP contribution in [0.15, 0.2) is 0 Å². The highest BCUT2D eigenvalue weighted by Crippen LogP contribution is 2.43. The third-order valence-corrected chi connectivity index (χ3v) is 1.76. The van der Waals surface area contributed by atoms with Crippen LogP contribution < -0.4 is 0 Å². The van der Waals surface area contributed by atoms with Gasteiger partial charge in [0.1, 0.15) is 0 Å². The molecule has 0 saturated heterocycles. The smallest absolute Gasteiger partial charge is 0.0269 e. The first-order chi connectivity index (χ1) is 5.13. The van der Waals surface area contributed by atoms with E-state index in [1.807, 2.05) is 0 Å². The molecule has 0 aromatic carbocycles. The van der Waals surface area contributed by atoms with E-state index >= 15 is 0 Å². The van der Waals surface area contributed by atoms with Crippen LogP contribution in [0.1, 0.15) is 37.5 Å². The summed E-state index contributed by atoms with van der Waals surface area (Å²) in [6.07, 6.45) is -0.758. The van der Waals surface area contributed by atoms with Crippen LogP contribution in [0.4, 0.5) is 0 Å². The van der Waals surface area contributed by atoms with E-state index in [1.165, 1.54) is 0 Å². The van der Waals surface area contributed by atoms with Crippen LogP contribution in [-0.2, 0) is 0 Å². The van der Waals surface area contributed by atoms with Gasteiger partial charge in [-0.15, -0.1) is 0 Å². The molecule has 0 aromatic heterocycles. The van der Waals surface area contributed by atoms with Gasteiger partial charge in [-0.05, 0) is 18.3 Å². The van der Waals surface area contributed by atoms with Crippen LogP contribution in [0.5, 0.6) is 0 Å². The molecule has 0 N–H and O–H groups in total. The second-order valence-electron chi connectivity index (χ2n) is 2.33. The summed E-state index contributed by atoms with van der Waals surface area (Å²) in [5.74, 6) is 0.0370. The van der Waals surface area contributed by atoms with Gasteiger partial charge < -0.3 is 0 Å². The average Bonchev–Trinajstić information content (AvgIpc) is 2.40. The van der Waals surface area contributed by atoms with Gasteiger partial charge in [0.05, 0.1) is 0 Å². The fraction of sp³-hybridized carbons (Fsp3) is 1.00. The van der Waals surface area contributed by atoms with Crippen molar-refractivity contribution >= 4 is 0 Å². The monoisotopic (exact) mass is 100 g/mol. The van der Waals surface area contributed by atoms with Crippen LogP contribution in [0.25, 0.3) is 0 Å². The normalized spacial score (nSPS) is 98.3. The van der Waals surface area contributed by atoms with Crippen molar-refractivity contribution < 1.29 is 5.48 Å². The summed E-state index contributed by atoms with van der Waals surface area (Å²) in [4.78, 5) is 0. The molecule has 4 unspecified atom stereocenters. The molecule has 0 spiro atoms. The molecule has 7 heavy (non-hydrogen) atoms. The topological polar surface area (TPSA) is 0 Å². The second kappa shape index (κ2) is 1.24. The Hall–Kier alpha value is 0. The number of fused-ring (bicyclic) bond motifs is 2. The molecule has 2 rings (SSSR count).